The van der Waals surface area contributed by atoms with E-state index in [9.17, 15) is 19.1 Å². The smallest absolute Gasteiger partial charge is 0.343 e. The number of nitrogens with zero attached hydrogens (tertiary/aromatic N) is 2. The van der Waals surface area contributed by atoms with Crippen LogP contribution < -0.4 is 5.56 Å². The number of rotatable bonds is 3. The normalized spacial score (nSPS) is 19.4. The Balaban J connectivity index is 1.81. The lowest BCUT2D eigenvalue weighted by atomic mass is 9.85. The summed E-state index contributed by atoms with van der Waals surface area (Å²) in [5.74, 6) is -0.925. The average Bonchev–Trinajstić information content (AvgIpc) is 3.09. The van der Waals surface area contributed by atoms with E-state index in [1.807, 2.05) is 19.1 Å². The molecule has 154 valence electrons. The largest absolute Gasteiger partial charge is 0.458 e. The number of alkyl halides is 1. The predicted molar refractivity (Wildman–Crippen MR) is 109 cm³/mol. The number of esters is 1. The fourth-order valence-electron chi connectivity index (χ4n) is 4.72. The van der Waals surface area contributed by atoms with E-state index in [0.29, 0.717) is 17.9 Å². The van der Waals surface area contributed by atoms with Crippen molar-refractivity contribution >= 4 is 16.9 Å². The Hall–Kier alpha value is -3.06. The third-order valence-electron chi connectivity index (χ3n) is 6.26. The molecule has 0 spiro atoms. The van der Waals surface area contributed by atoms with Gasteiger partial charge in [0.15, 0.2) is 5.60 Å². The van der Waals surface area contributed by atoms with Crippen LogP contribution in [0.4, 0.5) is 4.39 Å². The van der Waals surface area contributed by atoms with E-state index in [2.05, 4.69) is 13.0 Å². The van der Waals surface area contributed by atoms with Gasteiger partial charge in [-0.05, 0) is 37.1 Å². The summed E-state index contributed by atoms with van der Waals surface area (Å²) >= 11 is 0. The molecule has 0 amide bonds. The van der Waals surface area contributed by atoms with E-state index in [-0.39, 0.29) is 23.3 Å². The number of aliphatic hydroxyl groups is 1. The maximum atomic E-state index is 13.3. The van der Waals surface area contributed by atoms with E-state index >= 15 is 0 Å². The van der Waals surface area contributed by atoms with Crippen LogP contribution in [0.2, 0.25) is 0 Å². The minimum absolute atomic E-state index is 0.129. The summed E-state index contributed by atoms with van der Waals surface area (Å²) in [4.78, 5) is 30.3. The molecule has 0 bridgehead atoms. The van der Waals surface area contributed by atoms with Crippen LogP contribution in [0.1, 0.15) is 41.2 Å². The average molecular weight is 408 g/mol. The van der Waals surface area contributed by atoms with Gasteiger partial charge in [-0.3, -0.25) is 9.18 Å². The molecule has 0 aliphatic carbocycles. The molecular formula is C23H21FN2O4. The maximum absolute atomic E-state index is 13.3. The van der Waals surface area contributed by atoms with E-state index in [1.54, 1.807) is 10.6 Å². The Morgan fingerprint density at radius 2 is 2.07 bits per heavy atom. The number of carbonyl (C=O) groups is 1. The van der Waals surface area contributed by atoms with Gasteiger partial charge in [0, 0.05) is 22.9 Å². The topological polar surface area (TPSA) is 81.4 Å². The van der Waals surface area contributed by atoms with Gasteiger partial charge in [0.1, 0.15) is 6.61 Å². The summed E-state index contributed by atoms with van der Waals surface area (Å²) in [5, 5.41) is 12.0. The highest BCUT2D eigenvalue weighted by Crippen LogP contribution is 2.40. The van der Waals surface area contributed by atoms with Crippen LogP contribution in [-0.4, -0.2) is 27.3 Å². The molecule has 1 unspecified atom stereocenters. The van der Waals surface area contributed by atoms with Crippen molar-refractivity contribution in [1.82, 2.24) is 9.55 Å². The third-order valence-corrected chi connectivity index (χ3v) is 6.26. The first-order valence-electron chi connectivity index (χ1n) is 10.0. The minimum Gasteiger partial charge on any atom is -0.458 e. The quantitative estimate of drug-likeness (QED) is 0.527. The number of carbonyl (C=O) groups excluding carboxylic acids is 1. The molecule has 0 radical (unpaired) electrons. The molecule has 4 heterocycles. The van der Waals surface area contributed by atoms with Gasteiger partial charge < -0.3 is 14.4 Å². The summed E-state index contributed by atoms with van der Waals surface area (Å²) in [6, 6.07) is 7.67. The number of cyclic esters (lactones) is 1. The van der Waals surface area contributed by atoms with E-state index < -0.39 is 24.7 Å². The van der Waals surface area contributed by atoms with Crippen molar-refractivity contribution in [2.24, 2.45) is 0 Å². The molecule has 3 aromatic rings. The van der Waals surface area contributed by atoms with Crippen molar-refractivity contribution in [1.29, 1.82) is 0 Å². The predicted octanol–water partition coefficient (Wildman–Crippen LogP) is 2.90. The van der Waals surface area contributed by atoms with Gasteiger partial charge >= 0.3 is 5.97 Å². The Kier molecular flexibility index (Phi) is 4.08. The maximum Gasteiger partial charge on any atom is 0.343 e. The van der Waals surface area contributed by atoms with Gasteiger partial charge in [-0.15, -0.1) is 0 Å². The van der Waals surface area contributed by atoms with Crippen LogP contribution in [0.5, 0.6) is 0 Å². The summed E-state index contributed by atoms with van der Waals surface area (Å²) in [5.41, 5.74) is 3.09. The number of halogens is 1. The lowest BCUT2D eigenvalue weighted by Gasteiger charge is -2.31. The molecule has 1 atom stereocenters. The number of hydrogen-bond acceptors (Lipinski definition) is 5. The first-order chi connectivity index (χ1) is 14.4. The molecule has 0 saturated heterocycles. The second-order valence-corrected chi connectivity index (χ2v) is 7.98. The van der Waals surface area contributed by atoms with Gasteiger partial charge in [-0.1, -0.05) is 18.6 Å². The monoisotopic (exact) mass is 408 g/mol. The first kappa shape index (κ1) is 18.9. The Morgan fingerprint density at radius 1 is 1.27 bits per heavy atom. The zero-order valence-corrected chi connectivity index (χ0v) is 16.8. The zero-order valence-electron chi connectivity index (χ0n) is 16.8. The summed E-state index contributed by atoms with van der Waals surface area (Å²) in [6.07, 6.45) is 0.319. The molecular weight excluding hydrogens is 387 g/mol. The molecule has 0 fully saturated rings. The summed E-state index contributed by atoms with van der Waals surface area (Å²) in [6.45, 7) is 3.32. The zero-order chi connectivity index (χ0) is 21.2. The number of pyridine rings is 2. The highest BCUT2D eigenvalue weighted by molar-refractivity contribution is 5.89. The molecule has 1 N–H and O–H groups in total. The molecule has 5 rings (SSSR count). The lowest BCUT2D eigenvalue weighted by molar-refractivity contribution is -0.173. The molecule has 6 nitrogen and oxygen atoms in total. The number of fused-ring (bicyclic) bond motifs is 5. The highest BCUT2D eigenvalue weighted by atomic mass is 19.1. The third kappa shape index (κ3) is 2.41. The van der Waals surface area contributed by atoms with Crippen molar-refractivity contribution in [3.05, 3.63) is 62.4 Å². The fourth-order valence-corrected chi connectivity index (χ4v) is 4.72. The van der Waals surface area contributed by atoms with Gasteiger partial charge in [-0.25, -0.2) is 9.78 Å². The van der Waals surface area contributed by atoms with Crippen molar-refractivity contribution in [3.63, 3.8) is 0 Å². The number of ether oxygens (including phenoxy) is 1. The molecule has 2 aliphatic rings. The first-order valence-corrected chi connectivity index (χ1v) is 10.0. The van der Waals surface area contributed by atoms with E-state index in [1.165, 1.54) is 0 Å². The Morgan fingerprint density at radius 3 is 2.80 bits per heavy atom. The number of hydrogen-bond donors (Lipinski definition) is 1. The molecule has 7 heteroatoms. The Labute approximate surface area is 171 Å². The van der Waals surface area contributed by atoms with Crippen LogP contribution in [0.3, 0.4) is 0 Å². The van der Waals surface area contributed by atoms with Crippen LogP contribution in [0.15, 0.2) is 29.1 Å². The molecule has 30 heavy (non-hydrogen) atoms. The lowest BCUT2D eigenvalue weighted by Crippen LogP contribution is -2.45. The second-order valence-electron chi connectivity index (χ2n) is 7.98. The van der Waals surface area contributed by atoms with Gasteiger partial charge in [0.05, 0.1) is 35.7 Å². The molecule has 1 aromatic carbocycles. The standard InChI is InChI=1S/C23H21FN2O4/c1-3-13-14-8-12(2)4-5-18(14)25-20-15(13)10-26-19(20)9-17-16(21(26)27)11-30-22(28)23(17,29)6-7-24/h4-5,8-9,29H,3,6-7,10-11H2,1-2H3. The van der Waals surface area contributed by atoms with Crippen LogP contribution in [0.25, 0.3) is 22.3 Å². The molecule has 0 saturated carbocycles. The van der Waals surface area contributed by atoms with Crippen LogP contribution in [-0.2, 0) is 34.7 Å². The molecule has 2 aliphatic heterocycles. The van der Waals surface area contributed by atoms with Crippen LogP contribution in [0, 0.1) is 6.92 Å². The summed E-state index contributed by atoms with van der Waals surface area (Å²) in [7, 11) is 0. The van der Waals surface area contributed by atoms with Crippen molar-refractivity contribution in [2.45, 2.75) is 45.4 Å². The van der Waals surface area contributed by atoms with Crippen LogP contribution >= 0.6 is 0 Å². The Bertz CT molecular complexity index is 1300. The van der Waals surface area contributed by atoms with Crippen molar-refractivity contribution < 1.29 is 19.0 Å². The number of aryl methyl sites for hydroxylation is 2. The van der Waals surface area contributed by atoms with E-state index in [0.717, 1.165) is 34.0 Å². The SMILES string of the molecule is CCc1c2c(nc3ccc(C)cc13)-c1cc3c(c(=O)n1C2)COC(=O)C3(O)CCF. The number of aromatic nitrogens is 2. The molecule has 2 aromatic heterocycles. The minimum atomic E-state index is -2.17. The van der Waals surface area contributed by atoms with E-state index in [4.69, 9.17) is 9.72 Å². The summed E-state index contributed by atoms with van der Waals surface area (Å²) < 4.78 is 19.8. The highest BCUT2D eigenvalue weighted by Gasteiger charge is 2.46. The fraction of sp³-hybridized carbons (Fsp3) is 0.348. The second kappa shape index (κ2) is 6.47. The van der Waals surface area contributed by atoms with Gasteiger partial charge in [0.2, 0.25) is 0 Å². The van der Waals surface area contributed by atoms with Gasteiger partial charge in [-0.2, -0.15) is 0 Å². The van der Waals surface area contributed by atoms with Crippen molar-refractivity contribution in [2.75, 3.05) is 6.67 Å². The van der Waals surface area contributed by atoms with Crippen molar-refractivity contribution in [3.8, 4) is 11.4 Å². The number of benzene rings is 1. The van der Waals surface area contributed by atoms with Gasteiger partial charge in [0.25, 0.3) is 5.56 Å².